The van der Waals surface area contributed by atoms with Gasteiger partial charge in [-0.25, -0.2) is 0 Å². The van der Waals surface area contributed by atoms with Gasteiger partial charge < -0.3 is 10.2 Å². The highest BCUT2D eigenvalue weighted by molar-refractivity contribution is 5.03. The van der Waals surface area contributed by atoms with Crippen molar-refractivity contribution in [3.63, 3.8) is 0 Å². The first kappa shape index (κ1) is 9.75. The van der Waals surface area contributed by atoms with Crippen LogP contribution in [0.25, 0.3) is 0 Å². The topological polar surface area (TPSA) is 40.5 Å². The summed E-state index contributed by atoms with van der Waals surface area (Å²) >= 11 is 0. The Bertz CT molecular complexity index is 165. The Morgan fingerprint density at radius 1 is 1.50 bits per heavy atom. The lowest BCUT2D eigenvalue weighted by Gasteiger charge is -2.31. The van der Waals surface area contributed by atoms with Gasteiger partial charge >= 0.3 is 0 Å². The number of aliphatic hydroxyl groups excluding tert-OH is 2. The quantitative estimate of drug-likeness (QED) is 0.614. The fourth-order valence-corrected chi connectivity index (χ4v) is 1.80. The van der Waals surface area contributed by atoms with Crippen LogP contribution in [-0.4, -0.2) is 22.9 Å². The third kappa shape index (κ3) is 2.08. The largest absolute Gasteiger partial charge is 0.393 e. The maximum absolute atomic E-state index is 9.57. The highest BCUT2D eigenvalue weighted by atomic mass is 16.3. The van der Waals surface area contributed by atoms with Crippen molar-refractivity contribution < 1.29 is 10.2 Å². The van der Waals surface area contributed by atoms with Crippen molar-refractivity contribution in [2.45, 2.75) is 32.3 Å². The number of hydrogen-bond donors (Lipinski definition) is 2. The fourth-order valence-electron chi connectivity index (χ4n) is 1.80. The Hall–Kier alpha value is -0.340. The molecule has 1 fully saturated rings. The van der Waals surface area contributed by atoms with Crippen molar-refractivity contribution in [3.8, 4) is 0 Å². The summed E-state index contributed by atoms with van der Waals surface area (Å²) in [5.74, 6) is 0.744. The number of hydrogen-bond acceptors (Lipinski definition) is 2. The van der Waals surface area contributed by atoms with Crippen LogP contribution in [-0.2, 0) is 0 Å². The Morgan fingerprint density at radius 2 is 2.17 bits per heavy atom. The van der Waals surface area contributed by atoms with Gasteiger partial charge in [0.2, 0.25) is 0 Å². The average molecular weight is 170 g/mol. The van der Waals surface area contributed by atoms with Crippen LogP contribution >= 0.6 is 0 Å². The molecule has 3 atom stereocenters. The van der Waals surface area contributed by atoms with Gasteiger partial charge in [-0.1, -0.05) is 13.5 Å². The van der Waals surface area contributed by atoms with E-state index in [0.29, 0.717) is 11.8 Å². The zero-order valence-electron chi connectivity index (χ0n) is 7.66. The molecule has 0 heterocycles. The zero-order valence-corrected chi connectivity index (χ0v) is 7.66. The van der Waals surface area contributed by atoms with E-state index in [1.54, 1.807) is 0 Å². The first-order chi connectivity index (χ1) is 5.65. The predicted octanol–water partition coefficient (Wildman–Crippen LogP) is 1.33. The van der Waals surface area contributed by atoms with Gasteiger partial charge in [-0.15, -0.1) is 0 Å². The van der Waals surface area contributed by atoms with E-state index in [-0.39, 0.29) is 12.7 Å². The maximum atomic E-state index is 9.57. The van der Waals surface area contributed by atoms with E-state index in [9.17, 15) is 5.11 Å². The number of rotatable bonds is 2. The predicted molar refractivity (Wildman–Crippen MR) is 48.7 cm³/mol. The molecule has 1 aliphatic rings. The van der Waals surface area contributed by atoms with Gasteiger partial charge in [0.1, 0.15) is 0 Å². The molecule has 2 N–H and O–H groups in total. The Balaban J connectivity index is 2.45. The summed E-state index contributed by atoms with van der Waals surface area (Å²) in [6, 6.07) is 0. The second-order valence-corrected chi connectivity index (χ2v) is 3.87. The van der Waals surface area contributed by atoms with Crippen LogP contribution < -0.4 is 0 Å². The second kappa shape index (κ2) is 4.06. The van der Waals surface area contributed by atoms with Gasteiger partial charge in [0.25, 0.3) is 0 Å². The van der Waals surface area contributed by atoms with E-state index < -0.39 is 0 Å². The van der Waals surface area contributed by atoms with Crippen LogP contribution in [0.2, 0.25) is 0 Å². The van der Waals surface area contributed by atoms with Crippen LogP contribution in [0.3, 0.4) is 0 Å². The van der Waals surface area contributed by atoms with E-state index in [1.807, 2.05) is 0 Å². The highest BCUT2D eigenvalue weighted by Gasteiger charge is 2.26. The fraction of sp³-hybridized carbons (Fsp3) is 0.800. The molecular formula is C10H18O2. The molecule has 0 aromatic rings. The summed E-state index contributed by atoms with van der Waals surface area (Å²) < 4.78 is 0. The van der Waals surface area contributed by atoms with E-state index in [4.69, 9.17) is 5.11 Å². The molecule has 1 aliphatic carbocycles. The maximum Gasteiger partial charge on any atom is 0.0641 e. The molecule has 0 aromatic heterocycles. The van der Waals surface area contributed by atoms with Crippen LogP contribution in [0.1, 0.15) is 26.2 Å². The van der Waals surface area contributed by atoms with Gasteiger partial charge in [-0.05, 0) is 36.7 Å². The molecule has 70 valence electrons. The molecular weight excluding hydrogens is 152 g/mol. The molecule has 1 rings (SSSR count). The van der Waals surface area contributed by atoms with Gasteiger partial charge in [-0.3, -0.25) is 0 Å². The van der Waals surface area contributed by atoms with E-state index in [0.717, 1.165) is 24.8 Å². The summed E-state index contributed by atoms with van der Waals surface area (Å²) in [7, 11) is 0. The van der Waals surface area contributed by atoms with Gasteiger partial charge in [0.15, 0.2) is 0 Å². The minimum atomic E-state index is -0.202. The SMILES string of the molecule is C=C(CO)C1CCC(C)C(O)C1. The van der Waals surface area contributed by atoms with Crippen LogP contribution in [0, 0.1) is 11.8 Å². The van der Waals surface area contributed by atoms with Gasteiger partial charge in [-0.2, -0.15) is 0 Å². The van der Waals surface area contributed by atoms with Crippen LogP contribution in [0.5, 0.6) is 0 Å². The van der Waals surface area contributed by atoms with E-state index in [1.165, 1.54) is 0 Å². The first-order valence-corrected chi connectivity index (χ1v) is 4.61. The summed E-state index contributed by atoms with van der Waals surface area (Å²) in [6.07, 6.45) is 2.69. The molecule has 0 bridgehead atoms. The van der Waals surface area contributed by atoms with Gasteiger partial charge in [0, 0.05) is 0 Å². The molecule has 0 radical (unpaired) electrons. The molecule has 0 spiro atoms. The molecule has 3 unspecified atom stereocenters. The number of aliphatic hydroxyl groups is 2. The minimum Gasteiger partial charge on any atom is -0.393 e. The van der Waals surface area contributed by atoms with Crippen molar-refractivity contribution in [2.75, 3.05) is 6.61 Å². The lowest BCUT2D eigenvalue weighted by Crippen LogP contribution is -2.28. The molecule has 2 heteroatoms. The molecule has 0 aromatic carbocycles. The van der Waals surface area contributed by atoms with Crippen molar-refractivity contribution in [2.24, 2.45) is 11.8 Å². The van der Waals surface area contributed by atoms with Gasteiger partial charge in [0.05, 0.1) is 12.7 Å². The third-order valence-electron chi connectivity index (χ3n) is 2.93. The smallest absolute Gasteiger partial charge is 0.0641 e. The summed E-state index contributed by atoms with van der Waals surface area (Å²) in [6.45, 7) is 5.93. The van der Waals surface area contributed by atoms with Crippen molar-refractivity contribution >= 4 is 0 Å². The van der Waals surface area contributed by atoms with Crippen LogP contribution in [0.4, 0.5) is 0 Å². The highest BCUT2D eigenvalue weighted by Crippen LogP contribution is 2.32. The summed E-state index contributed by atoms with van der Waals surface area (Å²) in [5.41, 5.74) is 0.876. The van der Waals surface area contributed by atoms with Crippen LogP contribution in [0.15, 0.2) is 12.2 Å². The van der Waals surface area contributed by atoms with E-state index >= 15 is 0 Å². The lowest BCUT2D eigenvalue weighted by molar-refractivity contribution is 0.0591. The zero-order chi connectivity index (χ0) is 9.14. The molecule has 0 amide bonds. The normalized spacial score (nSPS) is 36.4. The molecule has 0 saturated heterocycles. The first-order valence-electron chi connectivity index (χ1n) is 4.61. The van der Waals surface area contributed by atoms with Crippen molar-refractivity contribution in [1.82, 2.24) is 0 Å². The third-order valence-corrected chi connectivity index (χ3v) is 2.93. The van der Waals surface area contributed by atoms with Crippen molar-refractivity contribution in [3.05, 3.63) is 12.2 Å². The summed E-state index contributed by atoms with van der Waals surface area (Å²) in [4.78, 5) is 0. The molecule has 1 saturated carbocycles. The van der Waals surface area contributed by atoms with E-state index in [2.05, 4.69) is 13.5 Å². The molecule has 0 aliphatic heterocycles. The molecule has 2 nitrogen and oxygen atoms in total. The Labute approximate surface area is 73.9 Å². The standard InChI is InChI=1S/C10H18O2/c1-7-3-4-9(5-10(7)12)8(2)6-11/h7,9-12H,2-6H2,1H3. The Kier molecular flexibility index (Phi) is 3.29. The second-order valence-electron chi connectivity index (χ2n) is 3.87. The monoisotopic (exact) mass is 170 g/mol. The van der Waals surface area contributed by atoms with Crippen molar-refractivity contribution in [1.29, 1.82) is 0 Å². The summed E-state index contributed by atoms with van der Waals surface area (Å²) in [5, 5.41) is 18.4. The minimum absolute atomic E-state index is 0.0613. The Morgan fingerprint density at radius 3 is 2.67 bits per heavy atom. The lowest BCUT2D eigenvalue weighted by atomic mass is 9.78. The molecule has 12 heavy (non-hydrogen) atoms. The average Bonchev–Trinajstić information content (AvgIpc) is 2.08.